The number of hydrogen-bond donors (Lipinski definition) is 1. The van der Waals surface area contributed by atoms with E-state index in [0.717, 1.165) is 12.1 Å². The van der Waals surface area contributed by atoms with Gasteiger partial charge in [-0.05, 0) is 43.2 Å². The van der Waals surface area contributed by atoms with E-state index in [4.69, 9.17) is 4.74 Å². The normalized spacial score (nSPS) is 11.1. The lowest BCUT2D eigenvalue weighted by Crippen LogP contribution is -2.32. The minimum atomic E-state index is -4.01. The Kier molecular flexibility index (Phi) is 5.46. The van der Waals surface area contributed by atoms with Crippen LogP contribution in [0, 0.1) is 17.7 Å². The second-order valence-electron chi connectivity index (χ2n) is 6.70. The molecule has 0 saturated carbocycles. The largest absolute Gasteiger partial charge is 0.480 e. The Morgan fingerprint density at radius 3 is 2.62 bits per heavy atom. The van der Waals surface area contributed by atoms with Gasteiger partial charge in [-0.25, -0.2) is 22.4 Å². The SMILES string of the molecule is CC#Cc1cnc2n1nc(-c1cnc(OC)c(NS(=O)(=O)c3ccc(F)cc3)c1)c[n+]2C. The Balaban J connectivity index is 1.79. The molecule has 0 saturated heterocycles. The minimum Gasteiger partial charge on any atom is -0.480 e. The van der Waals surface area contributed by atoms with Gasteiger partial charge in [0, 0.05) is 11.8 Å². The lowest BCUT2D eigenvalue weighted by molar-refractivity contribution is -0.650. The summed E-state index contributed by atoms with van der Waals surface area (Å²) in [5.74, 6) is 5.89. The molecule has 0 amide bonds. The molecular formula is C21H18FN6O3S+. The fourth-order valence-electron chi connectivity index (χ4n) is 3.04. The van der Waals surface area contributed by atoms with Crippen LogP contribution >= 0.6 is 0 Å². The van der Waals surface area contributed by atoms with E-state index >= 15 is 0 Å². The van der Waals surface area contributed by atoms with Gasteiger partial charge in [-0.2, -0.15) is 0 Å². The Morgan fingerprint density at radius 1 is 1.19 bits per heavy atom. The number of fused-ring (bicyclic) bond motifs is 1. The van der Waals surface area contributed by atoms with Crippen LogP contribution in [-0.4, -0.2) is 35.1 Å². The molecule has 3 heterocycles. The number of rotatable bonds is 5. The fraction of sp³-hybridized carbons (Fsp3) is 0.143. The number of pyridine rings is 1. The molecule has 4 rings (SSSR count). The fourth-order valence-corrected chi connectivity index (χ4v) is 4.09. The summed E-state index contributed by atoms with van der Waals surface area (Å²) in [6.45, 7) is 1.72. The number of halogens is 1. The molecule has 0 aliphatic carbocycles. The third kappa shape index (κ3) is 3.95. The number of sulfonamides is 1. The number of hydrogen-bond acceptors (Lipinski definition) is 6. The Morgan fingerprint density at radius 2 is 1.94 bits per heavy atom. The van der Waals surface area contributed by atoms with Gasteiger partial charge in [-0.15, -0.1) is 5.10 Å². The summed E-state index contributed by atoms with van der Waals surface area (Å²) >= 11 is 0. The zero-order valence-corrected chi connectivity index (χ0v) is 18.2. The first-order valence-electron chi connectivity index (χ1n) is 9.32. The van der Waals surface area contributed by atoms with Crippen molar-refractivity contribution in [3.63, 3.8) is 0 Å². The van der Waals surface area contributed by atoms with Crippen LogP contribution in [0.1, 0.15) is 12.6 Å². The molecule has 9 nitrogen and oxygen atoms in total. The summed E-state index contributed by atoms with van der Waals surface area (Å²) < 4.78 is 49.8. The number of ether oxygens (including phenoxy) is 1. The molecule has 0 radical (unpaired) electrons. The van der Waals surface area contributed by atoms with Crippen LogP contribution in [0.5, 0.6) is 5.88 Å². The number of imidazole rings is 1. The number of aromatic nitrogens is 5. The topological polar surface area (TPSA) is 102 Å². The lowest BCUT2D eigenvalue weighted by atomic mass is 10.2. The molecule has 0 aliphatic heterocycles. The van der Waals surface area contributed by atoms with Crippen molar-refractivity contribution >= 4 is 21.5 Å². The van der Waals surface area contributed by atoms with Gasteiger partial charge in [-0.1, -0.05) is 15.4 Å². The van der Waals surface area contributed by atoms with Crippen molar-refractivity contribution in [2.24, 2.45) is 7.05 Å². The Hall–Kier alpha value is -4.04. The highest BCUT2D eigenvalue weighted by Crippen LogP contribution is 2.29. The lowest BCUT2D eigenvalue weighted by Gasteiger charge is -2.12. The third-order valence-electron chi connectivity index (χ3n) is 4.52. The van der Waals surface area contributed by atoms with Crippen molar-refractivity contribution in [1.29, 1.82) is 0 Å². The highest BCUT2D eigenvalue weighted by atomic mass is 32.2. The molecule has 0 unspecified atom stereocenters. The van der Waals surface area contributed by atoms with Crippen molar-refractivity contribution in [3.8, 4) is 29.0 Å². The average molecular weight is 453 g/mol. The van der Waals surface area contributed by atoms with E-state index in [-0.39, 0.29) is 16.5 Å². The first kappa shape index (κ1) is 21.2. The van der Waals surface area contributed by atoms with Gasteiger partial charge in [-0.3, -0.25) is 4.72 Å². The second-order valence-corrected chi connectivity index (χ2v) is 8.38. The minimum absolute atomic E-state index is 0.0741. The molecule has 32 heavy (non-hydrogen) atoms. The van der Waals surface area contributed by atoms with Crippen LogP contribution in [0.4, 0.5) is 10.1 Å². The highest BCUT2D eigenvalue weighted by molar-refractivity contribution is 7.92. The zero-order chi connectivity index (χ0) is 22.9. The highest BCUT2D eigenvalue weighted by Gasteiger charge is 2.21. The summed E-state index contributed by atoms with van der Waals surface area (Å²) in [4.78, 5) is 8.42. The van der Waals surface area contributed by atoms with Crippen LogP contribution < -0.4 is 14.0 Å². The van der Waals surface area contributed by atoms with Gasteiger partial charge in [0.2, 0.25) is 11.6 Å². The van der Waals surface area contributed by atoms with Crippen LogP contribution in [0.2, 0.25) is 0 Å². The van der Waals surface area contributed by atoms with Crippen molar-refractivity contribution in [3.05, 3.63) is 60.4 Å². The summed E-state index contributed by atoms with van der Waals surface area (Å²) in [5.41, 5.74) is 1.76. The average Bonchev–Trinajstić information content (AvgIpc) is 3.17. The second kappa shape index (κ2) is 8.24. The molecule has 1 N–H and O–H groups in total. The maximum Gasteiger partial charge on any atom is 0.423 e. The number of nitrogens with zero attached hydrogens (tertiary/aromatic N) is 5. The molecule has 1 aromatic carbocycles. The van der Waals surface area contributed by atoms with Gasteiger partial charge in [0.15, 0.2) is 6.20 Å². The number of benzene rings is 1. The standard InChI is InChI=1S/C21H18FN6O3S/c1-4-5-16-12-24-21-27(2)13-19(25-28(16)21)14-10-18(20(31-3)23-11-14)26-32(29,30)17-8-6-15(22)7-9-17/h6-13,26H,1-3H3/q+1. The van der Waals surface area contributed by atoms with Gasteiger partial charge in [0.25, 0.3) is 10.0 Å². The van der Waals surface area contributed by atoms with E-state index in [1.54, 1.807) is 34.5 Å². The van der Waals surface area contributed by atoms with Gasteiger partial charge in [0.1, 0.15) is 17.2 Å². The van der Waals surface area contributed by atoms with Gasteiger partial charge >= 0.3 is 5.78 Å². The monoisotopic (exact) mass is 453 g/mol. The van der Waals surface area contributed by atoms with E-state index in [0.29, 0.717) is 22.7 Å². The van der Waals surface area contributed by atoms with Crippen molar-refractivity contribution in [1.82, 2.24) is 19.6 Å². The van der Waals surface area contributed by atoms with E-state index in [2.05, 4.69) is 31.6 Å². The Labute approximate surface area is 183 Å². The molecule has 0 atom stereocenters. The summed E-state index contributed by atoms with van der Waals surface area (Å²) in [7, 11) is -0.816. The molecule has 0 fully saturated rings. The van der Waals surface area contributed by atoms with Crippen LogP contribution in [0.25, 0.3) is 17.0 Å². The molecule has 0 bridgehead atoms. The number of anilines is 1. The van der Waals surface area contributed by atoms with E-state index in [9.17, 15) is 12.8 Å². The van der Waals surface area contributed by atoms with Crippen molar-refractivity contribution in [2.45, 2.75) is 11.8 Å². The summed E-state index contributed by atoms with van der Waals surface area (Å²) in [5, 5.41) is 4.58. The molecular weight excluding hydrogens is 435 g/mol. The van der Waals surface area contributed by atoms with Crippen LogP contribution in [0.3, 0.4) is 0 Å². The summed E-state index contributed by atoms with van der Waals surface area (Å²) in [6.07, 6.45) is 4.88. The summed E-state index contributed by atoms with van der Waals surface area (Å²) in [6, 6.07) is 6.05. The molecule has 0 spiro atoms. The molecule has 3 aromatic heterocycles. The predicted octanol–water partition coefficient (Wildman–Crippen LogP) is 1.94. The van der Waals surface area contributed by atoms with Crippen molar-refractivity contribution in [2.75, 3.05) is 11.8 Å². The molecule has 162 valence electrons. The molecule has 0 aliphatic rings. The molecule has 11 heteroatoms. The van der Waals surface area contributed by atoms with E-state index < -0.39 is 15.8 Å². The number of methoxy groups -OCH3 is 1. The van der Waals surface area contributed by atoms with E-state index in [1.807, 2.05) is 7.05 Å². The number of aryl methyl sites for hydroxylation is 1. The zero-order valence-electron chi connectivity index (χ0n) is 17.4. The smallest absolute Gasteiger partial charge is 0.423 e. The maximum atomic E-state index is 13.2. The maximum absolute atomic E-state index is 13.2. The Bertz CT molecular complexity index is 1490. The van der Waals surface area contributed by atoms with E-state index in [1.165, 1.54) is 25.4 Å². The van der Waals surface area contributed by atoms with Crippen molar-refractivity contribution < 1.29 is 22.1 Å². The van der Waals surface area contributed by atoms with Gasteiger partial charge in [0.05, 0.1) is 25.2 Å². The number of nitrogens with one attached hydrogen (secondary N) is 1. The van der Waals surface area contributed by atoms with Gasteiger partial charge < -0.3 is 4.74 Å². The predicted molar refractivity (Wildman–Crippen MR) is 114 cm³/mol. The molecule has 4 aromatic rings. The quantitative estimate of drug-likeness (QED) is 0.366. The first-order chi connectivity index (χ1) is 15.3. The third-order valence-corrected chi connectivity index (χ3v) is 5.90. The first-order valence-corrected chi connectivity index (χ1v) is 10.8. The van der Waals surface area contributed by atoms with Crippen LogP contribution in [0.15, 0.2) is 53.8 Å². The van der Waals surface area contributed by atoms with Crippen LogP contribution in [-0.2, 0) is 17.1 Å².